The molecule has 2 saturated carbocycles. The molecule has 0 radical (unpaired) electrons. The normalized spacial score (nSPS) is 15.4. The molecule has 7 amide bonds. The lowest BCUT2D eigenvalue weighted by molar-refractivity contribution is -0.137. The van der Waals surface area contributed by atoms with Gasteiger partial charge in [-0.2, -0.15) is 0 Å². The van der Waals surface area contributed by atoms with E-state index in [1.807, 2.05) is 99.6 Å². The molecule has 2 aliphatic rings. The van der Waals surface area contributed by atoms with Gasteiger partial charge < -0.3 is 46.6 Å². The molecule has 0 spiro atoms. The number of amides is 7. The van der Waals surface area contributed by atoms with Gasteiger partial charge in [-0.15, -0.1) is 0 Å². The average Bonchev–Trinajstić information content (AvgIpc) is 1.67. The molecule has 7 N–H and O–H groups in total. The first-order chi connectivity index (χ1) is 50.6. The molecule has 0 heterocycles. The van der Waals surface area contributed by atoms with E-state index < -0.39 is 41.4 Å². The maximum atomic E-state index is 13.5. The van der Waals surface area contributed by atoms with Gasteiger partial charge in [-0.3, -0.25) is 47.9 Å². The van der Waals surface area contributed by atoms with Crippen LogP contribution in [0.25, 0.3) is 0 Å². The van der Waals surface area contributed by atoms with Gasteiger partial charge in [0.25, 0.3) is 23.6 Å². The molecule has 8 rings (SSSR count). The summed E-state index contributed by atoms with van der Waals surface area (Å²) in [5, 5.41) is 25.8. The summed E-state index contributed by atoms with van der Waals surface area (Å²) < 4.78 is 5.76. The van der Waals surface area contributed by atoms with E-state index in [0.29, 0.717) is 75.9 Å². The lowest BCUT2D eigenvalue weighted by atomic mass is 10.0. The van der Waals surface area contributed by atoms with Crippen molar-refractivity contribution in [2.45, 2.75) is 218 Å². The summed E-state index contributed by atoms with van der Waals surface area (Å²) in [5.74, 6) is -1.70. The molecule has 6 atom stereocenters. The van der Waals surface area contributed by atoms with E-state index in [4.69, 9.17) is 9.84 Å². The van der Waals surface area contributed by atoms with E-state index in [1.165, 1.54) is 36.1 Å². The molecule has 105 heavy (non-hydrogen) atoms. The van der Waals surface area contributed by atoms with Crippen molar-refractivity contribution < 1.29 is 62.6 Å². The van der Waals surface area contributed by atoms with Crippen LogP contribution in [-0.2, 0) is 46.6 Å². The Kier molecular flexibility index (Phi) is 34.3. The van der Waals surface area contributed by atoms with Crippen molar-refractivity contribution in [1.82, 2.24) is 36.8 Å². The van der Waals surface area contributed by atoms with Crippen LogP contribution < -0.4 is 31.9 Å². The van der Waals surface area contributed by atoms with E-state index in [-0.39, 0.29) is 122 Å². The van der Waals surface area contributed by atoms with Gasteiger partial charge >= 0.3 is 12.1 Å². The average molecular weight is 1430 g/mol. The summed E-state index contributed by atoms with van der Waals surface area (Å²) in [4.78, 5) is 141. The zero-order valence-corrected chi connectivity index (χ0v) is 61.5. The number of aliphatic carboxylic acids is 1. The van der Waals surface area contributed by atoms with Crippen LogP contribution in [0.3, 0.4) is 0 Å². The summed E-state index contributed by atoms with van der Waals surface area (Å²) in [5.41, 5.74) is 4.80. The number of carboxylic acids is 1. The maximum absolute atomic E-state index is 13.5. The highest BCUT2D eigenvalue weighted by Gasteiger charge is 2.46. The molecular formula is C85H107N7O13. The quantitative estimate of drug-likeness (QED) is 0.0175. The first kappa shape index (κ1) is 82.2. The number of hydrogen-bond acceptors (Lipinski definition) is 12. The minimum atomic E-state index is -0.966. The van der Waals surface area contributed by atoms with Crippen LogP contribution in [0.2, 0.25) is 0 Å². The van der Waals surface area contributed by atoms with Crippen molar-refractivity contribution in [3.05, 3.63) is 214 Å². The topological polar surface area (TPSA) is 293 Å². The van der Waals surface area contributed by atoms with Gasteiger partial charge in [-0.25, -0.2) is 4.79 Å². The van der Waals surface area contributed by atoms with Crippen molar-refractivity contribution in [2.24, 2.45) is 5.92 Å². The van der Waals surface area contributed by atoms with Gasteiger partial charge in [0.15, 0.2) is 0 Å². The van der Waals surface area contributed by atoms with Crippen LogP contribution in [-0.4, -0.2) is 118 Å². The number of benzene rings is 6. The summed E-state index contributed by atoms with van der Waals surface area (Å²) in [6.07, 6.45) is 13.1. The van der Waals surface area contributed by atoms with Gasteiger partial charge in [-0.05, 0) is 155 Å². The Bertz CT molecular complexity index is 3790. The molecule has 0 saturated heterocycles. The van der Waals surface area contributed by atoms with Crippen LogP contribution in [0.4, 0.5) is 4.79 Å². The number of carbonyl (C=O) groups is 11. The number of hydrogen-bond donors (Lipinski definition) is 7. The fraction of sp³-hybridized carbons (Fsp3) is 0.447. The van der Waals surface area contributed by atoms with E-state index >= 15 is 0 Å². The molecule has 560 valence electrons. The van der Waals surface area contributed by atoms with Crippen LogP contribution in [0, 0.1) is 5.92 Å². The molecular weight excluding hydrogens is 1330 g/mol. The van der Waals surface area contributed by atoms with Gasteiger partial charge in [0, 0.05) is 112 Å². The fourth-order valence-electron chi connectivity index (χ4n) is 12.7. The monoisotopic (exact) mass is 1430 g/mol. The minimum Gasteiger partial charge on any atom is -0.481 e. The highest BCUT2D eigenvalue weighted by atomic mass is 16.6. The summed E-state index contributed by atoms with van der Waals surface area (Å²) in [6, 6.07) is 50.7. The van der Waals surface area contributed by atoms with Gasteiger partial charge in [0.2, 0.25) is 11.8 Å². The molecule has 0 aliphatic heterocycles. The van der Waals surface area contributed by atoms with Crippen LogP contribution >= 0.6 is 0 Å². The smallest absolute Gasteiger partial charge is 0.410 e. The van der Waals surface area contributed by atoms with E-state index in [2.05, 4.69) is 81.3 Å². The number of unbranched alkanes of at least 4 members (excludes halogenated alkanes) is 5. The van der Waals surface area contributed by atoms with Crippen molar-refractivity contribution in [3.8, 4) is 0 Å². The third-order valence-corrected chi connectivity index (χ3v) is 18.7. The first-order valence-corrected chi connectivity index (χ1v) is 37.5. The molecule has 6 aromatic rings. The SMILES string of the molecule is CC(C)(C)OC(=O)N(CCCC[C@H](NC(=O)c1cccc(C(=O)NCCC(=O)CCCC(=O)O)c1)C(=O)NCc1ccccc1)C1CC1c1ccccc1.CCCCCC(=O)CCCC(=O)CCNC(=O)c1cccc(C(=O)N[C@@H](CCCCCC2CC2c2ccccc2)C(=O)NCc2ccccc2)c1. The van der Waals surface area contributed by atoms with Crippen molar-refractivity contribution in [1.29, 1.82) is 0 Å². The molecule has 0 bridgehead atoms. The fourth-order valence-corrected chi connectivity index (χ4v) is 12.7. The number of ketones is 3. The van der Waals surface area contributed by atoms with Crippen molar-refractivity contribution in [3.63, 3.8) is 0 Å². The number of nitrogens with one attached hydrogen (secondary N) is 6. The van der Waals surface area contributed by atoms with Gasteiger partial charge in [-0.1, -0.05) is 172 Å². The molecule has 0 aromatic heterocycles. The second-order valence-corrected chi connectivity index (χ2v) is 28.4. The van der Waals surface area contributed by atoms with E-state index in [9.17, 15) is 52.7 Å². The predicted molar refractivity (Wildman–Crippen MR) is 405 cm³/mol. The highest BCUT2D eigenvalue weighted by molar-refractivity contribution is 6.02. The zero-order valence-electron chi connectivity index (χ0n) is 61.5. The van der Waals surface area contributed by atoms with Crippen molar-refractivity contribution >= 4 is 64.9 Å². The Morgan fingerprint density at radius 2 is 0.876 bits per heavy atom. The lowest BCUT2D eigenvalue weighted by Crippen LogP contribution is -2.46. The Labute approximate surface area is 618 Å². The van der Waals surface area contributed by atoms with Gasteiger partial charge in [0.1, 0.15) is 35.0 Å². The third-order valence-electron chi connectivity index (χ3n) is 18.7. The van der Waals surface area contributed by atoms with Crippen LogP contribution in [0.15, 0.2) is 170 Å². The minimum absolute atomic E-state index is 0.00490. The number of rotatable bonds is 44. The Morgan fingerprint density at radius 3 is 1.34 bits per heavy atom. The standard InChI is InChI=1S/C43H55N3O5.C42H52N4O8/c1-2-3-7-23-37(47)24-15-25-38(48)27-28-44-41(49)35-21-14-22-36(29-35)42(50)46-40(43(51)45-31-32-16-8-4-9-17-32)26-13-6-12-20-34-30-39(34)33-18-10-5-11-19-33;1-42(2,3)54-41(53)46(36-27-34(36)30-16-8-5-9-17-30)25-11-10-21-35(40(52)44-28-29-14-6-4-7-15-29)45-39(51)32-19-12-18-31(26-32)38(50)43-24-23-33(47)20-13-22-37(48)49/h4-5,8-11,14,16-19,21-22,29,34,39-40H,2-3,6-7,12-13,15,20,23-28,30-31H2,1H3,(H,44,49)(H,45,51)(H,46,50);4-9,12,14-19,26,34-36H,10-11,13,20-25,27-28H2,1-3H3,(H,43,50)(H,44,52)(H,45,51)(H,48,49)/t34?,39?,40-;34?,35-,36?/m00/s1. The number of carboxylic acid groups (broad SMARTS) is 1. The predicted octanol–water partition coefficient (Wildman–Crippen LogP) is 13.9. The second-order valence-electron chi connectivity index (χ2n) is 28.4. The molecule has 6 aromatic carbocycles. The van der Waals surface area contributed by atoms with Crippen molar-refractivity contribution in [2.75, 3.05) is 19.6 Å². The Balaban J connectivity index is 0.000000294. The second kappa shape index (κ2) is 43.9. The molecule has 20 nitrogen and oxygen atoms in total. The Morgan fingerprint density at radius 1 is 0.448 bits per heavy atom. The Hall–Kier alpha value is -10.1. The van der Waals surface area contributed by atoms with Crippen LogP contribution in [0.1, 0.15) is 244 Å². The third kappa shape index (κ3) is 30.6. The largest absolute Gasteiger partial charge is 0.481 e. The first-order valence-electron chi connectivity index (χ1n) is 37.5. The maximum Gasteiger partial charge on any atom is 0.410 e. The summed E-state index contributed by atoms with van der Waals surface area (Å²) in [7, 11) is 0. The molecule has 2 fully saturated rings. The molecule has 2 aliphatic carbocycles. The number of Topliss-reactive ketones (excluding diaryl/α,β-unsaturated/α-hetero) is 3. The molecule has 20 heteroatoms. The lowest BCUT2D eigenvalue weighted by Gasteiger charge is -2.28. The number of ether oxygens (including phenoxy) is 1. The van der Waals surface area contributed by atoms with E-state index in [0.717, 1.165) is 62.0 Å². The van der Waals surface area contributed by atoms with Gasteiger partial charge in [0.05, 0.1) is 0 Å². The summed E-state index contributed by atoms with van der Waals surface area (Å²) >= 11 is 0. The number of nitrogens with zero attached hydrogens (tertiary/aromatic N) is 1. The van der Waals surface area contributed by atoms with Crippen LogP contribution in [0.5, 0.6) is 0 Å². The summed E-state index contributed by atoms with van der Waals surface area (Å²) in [6.45, 7) is 8.94. The highest BCUT2D eigenvalue weighted by Crippen LogP contribution is 2.50. The molecule has 4 unspecified atom stereocenters. The zero-order chi connectivity index (χ0) is 75.4. The van der Waals surface area contributed by atoms with E-state index in [1.54, 1.807) is 41.3 Å². The number of carbonyl (C=O) groups excluding carboxylic acids is 10.